The van der Waals surface area contributed by atoms with Crippen LogP contribution >= 0.6 is 11.6 Å². The van der Waals surface area contributed by atoms with Gasteiger partial charge in [0, 0.05) is 24.2 Å². The quantitative estimate of drug-likeness (QED) is 0.927. The molecule has 2 nitrogen and oxygen atoms in total. The summed E-state index contributed by atoms with van der Waals surface area (Å²) in [6.07, 6.45) is 1.13. The van der Waals surface area contributed by atoms with Crippen molar-refractivity contribution in [2.45, 2.75) is 19.0 Å². The minimum atomic E-state index is 0.405. The minimum absolute atomic E-state index is 0.405. The average molecular weight is 301 g/mol. The summed E-state index contributed by atoms with van der Waals surface area (Å²) < 4.78 is 0. The van der Waals surface area contributed by atoms with Crippen molar-refractivity contribution in [1.82, 2.24) is 10.2 Å². The van der Waals surface area contributed by atoms with Gasteiger partial charge in [0.05, 0.1) is 0 Å². The molecule has 2 aromatic carbocycles. The van der Waals surface area contributed by atoms with Crippen molar-refractivity contribution in [2.75, 3.05) is 20.1 Å². The van der Waals surface area contributed by atoms with Crippen LogP contribution in [-0.4, -0.2) is 25.0 Å². The molecule has 0 saturated heterocycles. The predicted molar refractivity (Wildman–Crippen MR) is 88.7 cm³/mol. The van der Waals surface area contributed by atoms with Gasteiger partial charge in [0.1, 0.15) is 0 Å². The normalized spacial score (nSPS) is 17.8. The molecule has 1 aliphatic rings. The van der Waals surface area contributed by atoms with Crippen LogP contribution in [0.4, 0.5) is 0 Å². The SMILES string of the molecule is CN(Cc1ccccc1Cl)CC1NCCc2ccccc21. The molecule has 0 aliphatic carbocycles. The Labute approximate surface area is 131 Å². The summed E-state index contributed by atoms with van der Waals surface area (Å²) in [5, 5.41) is 4.48. The molecule has 110 valence electrons. The van der Waals surface area contributed by atoms with Gasteiger partial charge in [-0.05, 0) is 42.8 Å². The van der Waals surface area contributed by atoms with E-state index in [9.17, 15) is 0 Å². The van der Waals surface area contributed by atoms with E-state index in [4.69, 9.17) is 11.6 Å². The molecule has 0 fully saturated rings. The smallest absolute Gasteiger partial charge is 0.0452 e. The molecule has 1 unspecified atom stereocenters. The maximum absolute atomic E-state index is 6.25. The van der Waals surface area contributed by atoms with Gasteiger partial charge in [-0.25, -0.2) is 0 Å². The number of benzene rings is 2. The Morgan fingerprint density at radius 1 is 1.14 bits per heavy atom. The van der Waals surface area contributed by atoms with Crippen LogP contribution in [0.3, 0.4) is 0 Å². The summed E-state index contributed by atoms with van der Waals surface area (Å²) in [6.45, 7) is 2.92. The van der Waals surface area contributed by atoms with Crippen molar-refractivity contribution in [3.8, 4) is 0 Å². The van der Waals surface area contributed by atoms with Crippen LogP contribution in [0.15, 0.2) is 48.5 Å². The van der Waals surface area contributed by atoms with Crippen LogP contribution in [-0.2, 0) is 13.0 Å². The molecule has 1 aliphatic heterocycles. The van der Waals surface area contributed by atoms with Crippen molar-refractivity contribution in [2.24, 2.45) is 0 Å². The first-order valence-electron chi connectivity index (χ1n) is 7.47. The van der Waals surface area contributed by atoms with Gasteiger partial charge in [-0.3, -0.25) is 0 Å². The lowest BCUT2D eigenvalue weighted by Crippen LogP contribution is -2.37. The molecule has 0 bridgehead atoms. The van der Waals surface area contributed by atoms with Crippen LogP contribution in [0.2, 0.25) is 5.02 Å². The van der Waals surface area contributed by atoms with Gasteiger partial charge >= 0.3 is 0 Å². The Morgan fingerprint density at radius 2 is 1.90 bits per heavy atom. The Hall–Kier alpha value is -1.35. The van der Waals surface area contributed by atoms with E-state index in [1.807, 2.05) is 18.2 Å². The van der Waals surface area contributed by atoms with Crippen molar-refractivity contribution >= 4 is 11.6 Å². The molecular weight excluding hydrogens is 280 g/mol. The topological polar surface area (TPSA) is 15.3 Å². The van der Waals surface area contributed by atoms with E-state index in [1.54, 1.807) is 0 Å². The van der Waals surface area contributed by atoms with Crippen molar-refractivity contribution < 1.29 is 0 Å². The molecule has 3 heteroatoms. The van der Waals surface area contributed by atoms with Crippen LogP contribution in [0.1, 0.15) is 22.7 Å². The standard InChI is InChI=1S/C18H21ClN2/c1-21(12-15-7-3-5-9-17(15)19)13-18-16-8-4-2-6-14(16)10-11-20-18/h2-9,18,20H,10-13H2,1H3. The lowest BCUT2D eigenvalue weighted by molar-refractivity contribution is 0.279. The number of hydrogen-bond acceptors (Lipinski definition) is 2. The Morgan fingerprint density at radius 3 is 2.76 bits per heavy atom. The van der Waals surface area contributed by atoms with Gasteiger partial charge in [0.2, 0.25) is 0 Å². The molecule has 0 saturated carbocycles. The summed E-state index contributed by atoms with van der Waals surface area (Å²) in [7, 11) is 2.15. The number of nitrogens with one attached hydrogen (secondary N) is 1. The zero-order chi connectivity index (χ0) is 14.7. The maximum atomic E-state index is 6.25. The van der Waals surface area contributed by atoms with E-state index in [2.05, 4.69) is 47.6 Å². The molecule has 1 heterocycles. The minimum Gasteiger partial charge on any atom is -0.309 e. The van der Waals surface area contributed by atoms with Crippen LogP contribution in [0.25, 0.3) is 0 Å². The number of halogens is 1. The Bertz CT molecular complexity index is 612. The monoisotopic (exact) mass is 300 g/mol. The number of fused-ring (bicyclic) bond motifs is 1. The second-order valence-electron chi connectivity index (χ2n) is 5.74. The van der Waals surface area contributed by atoms with Crippen molar-refractivity contribution in [3.63, 3.8) is 0 Å². The second-order valence-corrected chi connectivity index (χ2v) is 6.15. The summed E-state index contributed by atoms with van der Waals surface area (Å²) in [5.41, 5.74) is 4.10. The fraction of sp³-hybridized carbons (Fsp3) is 0.333. The van der Waals surface area contributed by atoms with Gasteiger partial charge in [0.15, 0.2) is 0 Å². The van der Waals surface area contributed by atoms with Crippen molar-refractivity contribution in [3.05, 3.63) is 70.2 Å². The summed E-state index contributed by atoms with van der Waals surface area (Å²) in [6, 6.07) is 17.2. The zero-order valence-electron chi connectivity index (χ0n) is 12.3. The highest BCUT2D eigenvalue weighted by atomic mass is 35.5. The molecule has 1 N–H and O–H groups in total. The first-order chi connectivity index (χ1) is 10.2. The molecule has 0 amide bonds. The van der Waals surface area contributed by atoms with E-state index >= 15 is 0 Å². The van der Waals surface area contributed by atoms with Gasteiger partial charge in [-0.2, -0.15) is 0 Å². The molecule has 2 aromatic rings. The molecule has 1 atom stereocenters. The van der Waals surface area contributed by atoms with Crippen LogP contribution in [0.5, 0.6) is 0 Å². The first-order valence-corrected chi connectivity index (χ1v) is 7.85. The molecular formula is C18H21ClN2. The average Bonchev–Trinajstić information content (AvgIpc) is 2.50. The largest absolute Gasteiger partial charge is 0.309 e. The number of hydrogen-bond donors (Lipinski definition) is 1. The highest BCUT2D eigenvalue weighted by Crippen LogP contribution is 2.24. The number of rotatable bonds is 4. The third kappa shape index (κ3) is 3.46. The first kappa shape index (κ1) is 14.6. The molecule has 0 radical (unpaired) electrons. The van der Waals surface area contributed by atoms with E-state index in [0.717, 1.165) is 31.1 Å². The number of likely N-dealkylation sites (N-methyl/N-ethyl adjacent to an activating group) is 1. The maximum Gasteiger partial charge on any atom is 0.0452 e. The summed E-state index contributed by atoms with van der Waals surface area (Å²) in [4.78, 5) is 2.33. The number of nitrogens with zero attached hydrogens (tertiary/aromatic N) is 1. The van der Waals surface area contributed by atoms with E-state index in [0.29, 0.717) is 6.04 Å². The summed E-state index contributed by atoms with van der Waals surface area (Å²) >= 11 is 6.25. The Balaban J connectivity index is 1.69. The van der Waals surface area contributed by atoms with Crippen molar-refractivity contribution in [1.29, 1.82) is 0 Å². The zero-order valence-corrected chi connectivity index (χ0v) is 13.1. The lowest BCUT2D eigenvalue weighted by Gasteiger charge is -2.30. The van der Waals surface area contributed by atoms with Crippen LogP contribution < -0.4 is 5.32 Å². The fourth-order valence-corrected chi connectivity index (χ4v) is 3.24. The van der Waals surface area contributed by atoms with Gasteiger partial charge in [-0.1, -0.05) is 54.1 Å². The third-order valence-electron chi connectivity index (χ3n) is 4.11. The lowest BCUT2D eigenvalue weighted by atomic mass is 9.94. The van der Waals surface area contributed by atoms with Gasteiger partial charge in [0.25, 0.3) is 0 Å². The molecule has 21 heavy (non-hydrogen) atoms. The van der Waals surface area contributed by atoms with E-state index < -0.39 is 0 Å². The second kappa shape index (κ2) is 6.61. The van der Waals surface area contributed by atoms with E-state index in [1.165, 1.54) is 16.7 Å². The summed E-state index contributed by atoms with van der Waals surface area (Å²) in [5.74, 6) is 0. The van der Waals surface area contributed by atoms with E-state index in [-0.39, 0.29) is 0 Å². The van der Waals surface area contributed by atoms with Gasteiger partial charge in [-0.15, -0.1) is 0 Å². The highest BCUT2D eigenvalue weighted by Gasteiger charge is 2.20. The molecule has 0 aromatic heterocycles. The highest BCUT2D eigenvalue weighted by molar-refractivity contribution is 6.31. The van der Waals surface area contributed by atoms with Gasteiger partial charge < -0.3 is 10.2 Å². The predicted octanol–water partition coefficient (Wildman–Crippen LogP) is 3.66. The Kier molecular flexibility index (Phi) is 4.59. The molecule has 0 spiro atoms. The molecule has 3 rings (SSSR count). The third-order valence-corrected chi connectivity index (χ3v) is 4.48. The van der Waals surface area contributed by atoms with Crippen LogP contribution in [0, 0.1) is 0 Å². The fourth-order valence-electron chi connectivity index (χ4n) is 3.05.